The topological polar surface area (TPSA) is 40.5 Å². The van der Waals surface area contributed by atoms with Crippen molar-refractivity contribution in [1.82, 2.24) is 4.90 Å². The number of hydrogen-bond donors (Lipinski definition) is 1. The Balaban J connectivity index is 2.87. The number of carboxylic acid groups (broad SMARTS) is 1. The van der Waals surface area contributed by atoms with Crippen LogP contribution in [0.5, 0.6) is 0 Å². The first-order valence-corrected chi connectivity index (χ1v) is 5.55. The van der Waals surface area contributed by atoms with Gasteiger partial charge in [-0.2, -0.15) is 0 Å². The number of carbonyl (C=O) groups is 1. The lowest BCUT2D eigenvalue weighted by atomic mass is 9.94. The fourth-order valence-corrected chi connectivity index (χ4v) is 2.71. The smallest absolute Gasteiger partial charge is 0.324 e. The molecule has 0 aromatic rings. The third kappa shape index (κ3) is 1.78. The van der Waals surface area contributed by atoms with Crippen LogP contribution >= 0.6 is 0 Å². The summed E-state index contributed by atoms with van der Waals surface area (Å²) in [5.74, 6) is -0.0859. The van der Waals surface area contributed by atoms with E-state index in [1.165, 1.54) is 0 Å². The first kappa shape index (κ1) is 11.5. The third-order valence-electron chi connectivity index (χ3n) is 3.50. The van der Waals surface area contributed by atoms with E-state index < -0.39 is 11.5 Å². The van der Waals surface area contributed by atoms with Gasteiger partial charge in [0.2, 0.25) is 0 Å². The Morgan fingerprint density at radius 3 is 2.36 bits per heavy atom. The molecule has 0 radical (unpaired) electrons. The number of hydrogen-bond acceptors (Lipinski definition) is 2. The number of likely N-dealkylation sites (N-methyl/N-ethyl adjacent to an activating group) is 1. The van der Waals surface area contributed by atoms with E-state index in [2.05, 4.69) is 11.8 Å². The molecule has 1 aliphatic rings. The van der Waals surface area contributed by atoms with Gasteiger partial charge in [0, 0.05) is 0 Å². The zero-order chi connectivity index (χ0) is 10.8. The maximum absolute atomic E-state index is 11.4. The highest BCUT2D eigenvalue weighted by atomic mass is 16.4. The minimum atomic E-state index is -0.634. The molecule has 0 heterocycles. The highest BCUT2D eigenvalue weighted by molar-refractivity contribution is 5.79. The average molecular weight is 199 g/mol. The molecule has 0 aromatic heterocycles. The van der Waals surface area contributed by atoms with Crippen LogP contribution < -0.4 is 0 Å². The van der Waals surface area contributed by atoms with Crippen molar-refractivity contribution >= 4 is 5.97 Å². The SMILES string of the molecule is CCN(CC)C1(C(=O)O)CCC(C)C1. The Morgan fingerprint density at radius 1 is 1.50 bits per heavy atom. The Kier molecular flexibility index (Phi) is 3.53. The van der Waals surface area contributed by atoms with Gasteiger partial charge in [0.1, 0.15) is 5.54 Å². The predicted molar refractivity (Wildman–Crippen MR) is 56.3 cm³/mol. The molecule has 0 bridgehead atoms. The van der Waals surface area contributed by atoms with E-state index in [0.29, 0.717) is 5.92 Å². The minimum absolute atomic E-state index is 0.548. The maximum Gasteiger partial charge on any atom is 0.324 e. The molecule has 0 spiro atoms. The Morgan fingerprint density at radius 2 is 2.07 bits per heavy atom. The van der Waals surface area contributed by atoms with Crippen LogP contribution in [-0.4, -0.2) is 34.6 Å². The van der Waals surface area contributed by atoms with Gasteiger partial charge in [0.05, 0.1) is 0 Å². The van der Waals surface area contributed by atoms with Crippen molar-refractivity contribution in [1.29, 1.82) is 0 Å². The van der Waals surface area contributed by atoms with Crippen molar-refractivity contribution in [2.45, 2.75) is 45.6 Å². The normalized spacial score (nSPS) is 32.4. The summed E-state index contributed by atoms with van der Waals surface area (Å²) in [6.45, 7) is 7.88. The van der Waals surface area contributed by atoms with Gasteiger partial charge in [0.25, 0.3) is 0 Å². The Hall–Kier alpha value is -0.570. The number of nitrogens with zero attached hydrogens (tertiary/aromatic N) is 1. The van der Waals surface area contributed by atoms with Crippen LogP contribution in [0.3, 0.4) is 0 Å². The fraction of sp³-hybridized carbons (Fsp3) is 0.909. The quantitative estimate of drug-likeness (QED) is 0.752. The molecule has 1 rings (SSSR count). The van der Waals surface area contributed by atoms with Crippen molar-refractivity contribution in [3.05, 3.63) is 0 Å². The van der Waals surface area contributed by atoms with Gasteiger partial charge in [0.15, 0.2) is 0 Å². The standard InChI is InChI=1S/C11H21NO2/c1-4-12(5-2)11(10(13)14)7-6-9(3)8-11/h9H,4-8H2,1-3H3,(H,13,14). The average Bonchev–Trinajstić information content (AvgIpc) is 2.51. The second-order valence-electron chi connectivity index (χ2n) is 4.36. The largest absolute Gasteiger partial charge is 0.480 e. The number of rotatable bonds is 4. The van der Waals surface area contributed by atoms with Gasteiger partial charge in [-0.15, -0.1) is 0 Å². The summed E-state index contributed by atoms with van der Waals surface area (Å²) < 4.78 is 0. The second-order valence-corrected chi connectivity index (χ2v) is 4.36. The van der Waals surface area contributed by atoms with E-state index in [1.54, 1.807) is 0 Å². The first-order valence-electron chi connectivity index (χ1n) is 5.55. The van der Waals surface area contributed by atoms with Gasteiger partial charge in [-0.3, -0.25) is 9.69 Å². The van der Waals surface area contributed by atoms with E-state index >= 15 is 0 Å². The fourth-order valence-electron chi connectivity index (χ4n) is 2.71. The van der Waals surface area contributed by atoms with E-state index in [-0.39, 0.29) is 0 Å². The van der Waals surface area contributed by atoms with Crippen LogP contribution in [0.1, 0.15) is 40.0 Å². The van der Waals surface area contributed by atoms with Crippen LogP contribution in [0, 0.1) is 5.92 Å². The summed E-state index contributed by atoms with van der Waals surface area (Å²) in [5, 5.41) is 9.37. The summed E-state index contributed by atoms with van der Waals surface area (Å²) in [7, 11) is 0. The highest BCUT2D eigenvalue weighted by Crippen LogP contribution is 2.38. The molecule has 2 unspecified atom stereocenters. The van der Waals surface area contributed by atoms with Crippen molar-refractivity contribution in [2.75, 3.05) is 13.1 Å². The zero-order valence-corrected chi connectivity index (χ0v) is 9.42. The summed E-state index contributed by atoms with van der Waals surface area (Å²) in [6, 6.07) is 0. The number of carboxylic acids is 1. The highest BCUT2D eigenvalue weighted by Gasteiger charge is 2.47. The van der Waals surface area contributed by atoms with Crippen molar-refractivity contribution in [2.24, 2.45) is 5.92 Å². The molecule has 2 atom stereocenters. The molecule has 1 N–H and O–H groups in total. The van der Waals surface area contributed by atoms with Gasteiger partial charge < -0.3 is 5.11 Å². The lowest BCUT2D eigenvalue weighted by molar-refractivity contribution is -0.151. The molecule has 0 amide bonds. The molecular weight excluding hydrogens is 178 g/mol. The summed E-state index contributed by atoms with van der Waals surface area (Å²) in [4.78, 5) is 13.5. The summed E-state index contributed by atoms with van der Waals surface area (Å²) in [5.41, 5.74) is -0.567. The van der Waals surface area contributed by atoms with Crippen molar-refractivity contribution in [3.8, 4) is 0 Å². The molecule has 1 aliphatic carbocycles. The molecule has 14 heavy (non-hydrogen) atoms. The minimum Gasteiger partial charge on any atom is -0.480 e. The summed E-state index contributed by atoms with van der Waals surface area (Å²) in [6.07, 6.45) is 2.66. The molecule has 82 valence electrons. The molecule has 0 aromatic carbocycles. The molecule has 3 heteroatoms. The molecule has 1 saturated carbocycles. The molecular formula is C11H21NO2. The zero-order valence-electron chi connectivity index (χ0n) is 9.42. The third-order valence-corrected chi connectivity index (χ3v) is 3.50. The second kappa shape index (κ2) is 4.30. The molecule has 0 saturated heterocycles. The van der Waals surface area contributed by atoms with E-state index in [1.807, 2.05) is 13.8 Å². The van der Waals surface area contributed by atoms with Gasteiger partial charge in [-0.05, 0) is 38.3 Å². The monoisotopic (exact) mass is 199 g/mol. The maximum atomic E-state index is 11.4. The molecule has 0 aliphatic heterocycles. The summed E-state index contributed by atoms with van der Waals surface area (Å²) >= 11 is 0. The van der Waals surface area contributed by atoms with Crippen LogP contribution in [0.15, 0.2) is 0 Å². The van der Waals surface area contributed by atoms with Crippen LogP contribution in [0.25, 0.3) is 0 Å². The van der Waals surface area contributed by atoms with E-state index in [0.717, 1.165) is 32.4 Å². The Labute approximate surface area is 86.1 Å². The molecule has 1 fully saturated rings. The van der Waals surface area contributed by atoms with Gasteiger partial charge in [-0.25, -0.2) is 0 Å². The molecule has 3 nitrogen and oxygen atoms in total. The lowest BCUT2D eigenvalue weighted by Gasteiger charge is -2.36. The predicted octanol–water partition coefficient (Wildman–Crippen LogP) is 1.97. The number of aliphatic carboxylic acids is 1. The van der Waals surface area contributed by atoms with E-state index in [9.17, 15) is 9.90 Å². The van der Waals surface area contributed by atoms with Gasteiger partial charge in [-0.1, -0.05) is 20.8 Å². The van der Waals surface area contributed by atoms with Gasteiger partial charge >= 0.3 is 5.97 Å². The van der Waals surface area contributed by atoms with Crippen LogP contribution in [-0.2, 0) is 4.79 Å². The lowest BCUT2D eigenvalue weighted by Crippen LogP contribution is -2.52. The van der Waals surface area contributed by atoms with Crippen LogP contribution in [0.4, 0.5) is 0 Å². The first-order chi connectivity index (χ1) is 6.56. The Bertz CT molecular complexity index is 213. The van der Waals surface area contributed by atoms with Crippen molar-refractivity contribution in [3.63, 3.8) is 0 Å². The van der Waals surface area contributed by atoms with Crippen LogP contribution in [0.2, 0.25) is 0 Å². The van der Waals surface area contributed by atoms with Crippen molar-refractivity contribution < 1.29 is 9.90 Å². The van der Waals surface area contributed by atoms with E-state index in [4.69, 9.17) is 0 Å².